The highest BCUT2D eigenvalue weighted by molar-refractivity contribution is 5.90. The van der Waals surface area contributed by atoms with Crippen molar-refractivity contribution in [3.05, 3.63) is 48.2 Å². The van der Waals surface area contributed by atoms with Crippen molar-refractivity contribution in [2.75, 3.05) is 5.73 Å². The molecule has 4 N–H and O–H groups in total. The largest absolute Gasteiger partial charge is 0.439 e. The summed E-state index contributed by atoms with van der Waals surface area (Å²) >= 11 is 0. The molecule has 0 unspecified atom stereocenters. The van der Waals surface area contributed by atoms with Gasteiger partial charge in [0.1, 0.15) is 11.4 Å². The Morgan fingerprint density at radius 1 is 1.12 bits per heavy atom. The van der Waals surface area contributed by atoms with Crippen molar-refractivity contribution in [3.8, 4) is 11.6 Å². The van der Waals surface area contributed by atoms with Crippen LogP contribution < -0.4 is 16.2 Å². The van der Waals surface area contributed by atoms with Gasteiger partial charge in [0.05, 0.1) is 0 Å². The van der Waals surface area contributed by atoms with Crippen LogP contribution in [0.3, 0.4) is 0 Å². The second-order valence-corrected chi connectivity index (χ2v) is 3.40. The Morgan fingerprint density at radius 3 is 2.47 bits per heavy atom. The number of carbonyl (C=O) groups excluding carboxylic acids is 1. The summed E-state index contributed by atoms with van der Waals surface area (Å²) in [6.07, 6.45) is 0. The number of nitrogens with zero attached hydrogens (tertiary/aromatic N) is 1. The number of ether oxygens (including phenoxy) is 1. The van der Waals surface area contributed by atoms with Crippen molar-refractivity contribution < 1.29 is 9.53 Å². The summed E-state index contributed by atoms with van der Waals surface area (Å²) in [6, 6.07) is 11.7. The summed E-state index contributed by atoms with van der Waals surface area (Å²) in [5, 5.41) is 0. The molecule has 5 nitrogen and oxygen atoms in total. The van der Waals surface area contributed by atoms with Gasteiger partial charge in [0.2, 0.25) is 5.88 Å². The van der Waals surface area contributed by atoms with Crippen LogP contribution in [0.1, 0.15) is 10.5 Å². The lowest BCUT2D eigenvalue weighted by Gasteiger charge is -2.05. The zero-order valence-corrected chi connectivity index (χ0v) is 8.96. The van der Waals surface area contributed by atoms with Gasteiger partial charge in [-0.1, -0.05) is 6.07 Å². The molecule has 0 atom stereocenters. The number of pyridine rings is 1. The number of primary amides is 1. The summed E-state index contributed by atoms with van der Waals surface area (Å²) in [4.78, 5) is 14.9. The molecule has 0 saturated carbocycles. The lowest BCUT2D eigenvalue weighted by atomic mass is 10.3. The van der Waals surface area contributed by atoms with Crippen LogP contribution in [0.25, 0.3) is 0 Å². The molecule has 0 aliphatic heterocycles. The molecule has 0 radical (unpaired) electrons. The van der Waals surface area contributed by atoms with Gasteiger partial charge in [-0.3, -0.25) is 4.79 Å². The molecule has 0 spiro atoms. The molecule has 17 heavy (non-hydrogen) atoms. The molecule has 1 aromatic carbocycles. The molecule has 86 valence electrons. The number of nitrogen functional groups attached to an aromatic ring is 1. The summed E-state index contributed by atoms with van der Waals surface area (Å²) in [7, 11) is 0. The first-order valence-corrected chi connectivity index (χ1v) is 4.95. The van der Waals surface area contributed by atoms with E-state index in [0.717, 1.165) is 0 Å². The second-order valence-electron chi connectivity index (χ2n) is 3.40. The van der Waals surface area contributed by atoms with Gasteiger partial charge in [-0.05, 0) is 30.3 Å². The van der Waals surface area contributed by atoms with Crippen LogP contribution in [0, 0.1) is 0 Å². The quantitative estimate of drug-likeness (QED) is 0.781. The maximum absolute atomic E-state index is 10.9. The first-order chi connectivity index (χ1) is 8.15. The third-order valence-electron chi connectivity index (χ3n) is 2.08. The molecule has 2 aromatic rings. The van der Waals surface area contributed by atoms with Crippen LogP contribution in [-0.2, 0) is 0 Å². The number of anilines is 1. The van der Waals surface area contributed by atoms with E-state index < -0.39 is 5.91 Å². The molecule has 1 amide bonds. The van der Waals surface area contributed by atoms with Crippen molar-refractivity contribution in [2.45, 2.75) is 0 Å². The number of carbonyl (C=O) groups is 1. The van der Waals surface area contributed by atoms with Gasteiger partial charge < -0.3 is 16.2 Å². The predicted octanol–water partition coefficient (Wildman–Crippen LogP) is 1.55. The average Bonchev–Trinajstić information content (AvgIpc) is 2.32. The lowest BCUT2D eigenvalue weighted by molar-refractivity contribution is 0.0995. The number of amides is 1. The minimum Gasteiger partial charge on any atom is -0.439 e. The maximum atomic E-state index is 10.9. The van der Waals surface area contributed by atoms with E-state index in [1.54, 1.807) is 36.4 Å². The lowest BCUT2D eigenvalue weighted by Crippen LogP contribution is -2.12. The number of nitrogens with two attached hydrogens (primary N) is 2. The van der Waals surface area contributed by atoms with Crippen molar-refractivity contribution in [1.29, 1.82) is 0 Å². The van der Waals surface area contributed by atoms with E-state index in [2.05, 4.69) is 4.98 Å². The van der Waals surface area contributed by atoms with Crippen molar-refractivity contribution in [1.82, 2.24) is 4.98 Å². The highest BCUT2D eigenvalue weighted by atomic mass is 16.5. The van der Waals surface area contributed by atoms with Gasteiger partial charge in [0, 0.05) is 11.8 Å². The smallest absolute Gasteiger partial charge is 0.267 e. The molecule has 5 heteroatoms. The fourth-order valence-corrected chi connectivity index (χ4v) is 1.27. The Bertz CT molecular complexity index is 538. The van der Waals surface area contributed by atoms with Crippen molar-refractivity contribution in [2.24, 2.45) is 5.73 Å². The minimum absolute atomic E-state index is 0.165. The Hall–Kier alpha value is -2.56. The third kappa shape index (κ3) is 2.72. The highest BCUT2D eigenvalue weighted by Gasteiger charge is 2.04. The molecule has 0 aliphatic carbocycles. The second kappa shape index (κ2) is 4.52. The van der Waals surface area contributed by atoms with Crippen LogP contribution in [-0.4, -0.2) is 10.9 Å². The number of aromatic nitrogens is 1. The number of hydrogen-bond acceptors (Lipinski definition) is 4. The maximum Gasteiger partial charge on any atom is 0.267 e. The molecule has 1 aromatic heterocycles. The number of benzene rings is 1. The first-order valence-electron chi connectivity index (χ1n) is 4.95. The Labute approximate surface area is 98.0 Å². The number of hydrogen-bond donors (Lipinski definition) is 2. The van der Waals surface area contributed by atoms with E-state index in [9.17, 15) is 4.79 Å². The fraction of sp³-hybridized carbons (Fsp3) is 0. The van der Waals surface area contributed by atoms with E-state index in [0.29, 0.717) is 17.3 Å². The van der Waals surface area contributed by atoms with Crippen LogP contribution in [0.5, 0.6) is 11.6 Å². The standard InChI is InChI=1S/C12H11N3O2/c13-8-4-6-9(7-5-8)17-11-3-1-2-10(15-11)12(14)16/h1-7H,13H2,(H2,14,16). The SMILES string of the molecule is NC(=O)c1cccc(Oc2ccc(N)cc2)n1. The van der Waals surface area contributed by atoms with Crippen molar-refractivity contribution in [3.63, 3.8) is 0 Å². The molecular formula is C12H11N3O2. The predicted molar refractivity (Wildman–Crippen MR) is 63.7 cm³/mol. The van der Waals surface area contributed by atoms with Gasteiger partial charge in [-0.15, -0.1) is 0 Å². The molecule has 1 heterocycles. The zero-order valence-electron chi connectivity index (χ0n) is 8.96. The highest BCUT2D eigenvalue weighted by Crippen LogP contribution is 2.20. The van der Waals surface area contributed by atoms with Crippen LogP contribution in [0.15, 0.2) is 42.5 Å². The van der Waals surface area contributed by atoms with Gasteiger partial charge in [-0.2, -0.15) is 0 Å². The topological polar surface area (TPSA) is 91.2 Å². The monoisotopic (exact) mass is 229 g/mol. The minimum atomic E-state index is -0.590. The molecular weight excluding hydrogens is 218 g/mol. The van der Waals surface area contributed by atoms with Gasteiger partial charge in [0.25, 0.3) is 5.91 Å². The van der Waals surface area contributed by atoms with Gasteiger partial charge in [-0.25, -0.2) is 4.98 Å². The van der Waals surface area contributed by atoms with Crippen LogP contribution in [0.4, 0.5) is 5.69 Å². The molecule has 2 rings (SSSR count). The number of rotatable bonds is 3. The fourth-order valence-electron chi connectivity index (χ4n) is 1.27. The molecule has 0 saturated heterocycles. The molecule has 0 fully saturated rings. The average molecular weight is 229 g/mol. The van der Waals surface area contributed by atoms with Gasteiger partial charge >= 0.3 is 0 Å². The third-order valence-corrected chi connectivity index (χ3v) is 2.08. The molecule has 0 aliphatic rings. The van der Waals surface area contributed by atoms with Gasteiger partial charge in [0.15, 0.2) is 0 Å². The van der Waals surface area contributed by atoms with Crippen LogP contribution in [0.2, 0.25) is 0 Å². The summed E-state index contributed by atoms with van der Waals surface area (Å²) in [6.45, 7) is 0. The summed E-state index contributed by atoms with van der Waals surface area (Å²) in [5.74, 6) is 0.312. The summed E-state index contributed by atoms with van der Waals surface area (Å²) in [5.41, 5.74) is 11.5. The first kappa shape index (κ1) is 10.9. The summed E-state index contributed by atoms with van der Waals surface area (Å²) < 4.78 is 5.45. The van der Waals surface area contributed by atoms with E-state index in [1.165, 1.54) is 6.07 Å². The Kier molecular flexibility index (Phi) is 2.91. The van der Waals surface area contributed by atoms with Crippen molar-refractivity contribution >= 4 is 11.6 Å². The van der Waals surface area contributed by atoms with Crippen LogP contribution >= 0.6 is 0 Å². The van der Waals surface area contributed by atoms with E-state index in [-0.39, 0.29) is 5.69 Å². The molecule has 0 bridgehead atoms. The Balaban J connectivity index is 2.21. The van der Waals surface area contributed by atoms with E-state index in [4.69, 9.17) is 16.2 Å². The Morgan fingerprint density at radius 2 is 1.82 bits per heavy atom. The normalized spacial score (nSPS) is 9.88. The van der Waals surface area contributed by atoms with E-state index >= 15 is 0 Å². The zero-order chi connectivity index (χ0) is 12.3. The van der Waals surface area contributed by atoms with E-state index in [1.807, 2.05) is 0 Å².